The largest absolute Gasteiger partial charge is 0.496 e. The van der Waals surface area contributed by atoms with Crippen molar-refractivity contribution >= 4 is 27.5 Å². The first-order valence-electron chi connectivity index (χ1n) is 6.57. The second kappa shape index (κ2) is 7.81. The van der Waals surface area contributed by atoms with E-state index in [-0.39, 0.29) is 12.5 Å². The summed E-state index contributed by atoms with van der Waals surface area (Å²) in [5, 5.41) is 5.94. The lowest BCUT2D eigenvalue weighted by atomic mass is 10.2. The molecule has 0 radical (unpaired) electrons. The maximum atomic E-state index is 11.8. The Morgan fingerprint density at radius 1 is 1.14 bits per heavy atom. The van der Waals surface area contributed by atoms with Crippen LogP contribution in [0, 0.1) is 0 Å². The number of amides is 1. The monoisotopic (exact) mass is 348 g/mol. The van der Waals surface area contributed by atoms with Crippen LogP contribution in [-0.4, -0.2) is 19.6 Å². The minimum atomic E-state index is -0.0766. The van der Waals surface area contributed by atoms with Crippen LogP contribution in [0.3, 0.4) is 0 Å². The summed E-state index contributed by atoms with van der Waals surface area (Å²) in [5.41, 5.74) is 1.80. The lowest BCUT2D eigenvalue weighted by molar-refractivity contribution is -0.115. The number of rotatable bonds is 6. The standard InChI is InChI=1S/C16H17BrN2O2/c1-21-15-5-3-2-4-12(15)10-18-11-16(20)19-14-8-6-13(17)7-9-14/h2-9,18H,10-11H2,1H3,(H,19,20). The van der Waals surface area contributed by atoms with Crippen molar-refractivity contribution in [3.05, 3.63) is 58.6 Å². The van der Waals surface area contributed by atoms with Crippen LogP contribution in [0.4, 0.5) is 5.69 Å². The van der Waals surface area contributed by atoms with Gasteiger partial charge in [-0.1, -0.05) is 34.1 Å². The summed E-state index contributed by atoms with van der Waals surface area (Å²) in [4.78, 5) is 11.8. The summed E-state index contributed by atoms with van der Waals surface area (Å²) in [7, 11) is 1.64. The zero-order valence-electron chi connectivity index (χ0n) is 11.7. The smallest absolute Gasteiger partial charge is 0.238 e. The number of nitrogens with one attached hydrogen (secondary N) is 2. The predicted octanol–water partition coefficient (Wildman–Crippen LogP) is 3.19. The fourth-order valence-corrected chi connectivity index (χ4v) is 2.16. The van der Waals surface area contributed by atoms with Crippen LogP contribution >= 0.6 is 15.9 Å². The maximum Gasteiger partial charge on any atom is 0.238 e. The number of ether oxygens (including phenoxy) is 1. The van der Waals surface area contributed by atoms with E-state index < -0.39 is 0 Å². The predicted molar refractivity (Wildman–Crippen MR) is 87.5 cm³/mol. The molecule has 0 aliphatic rings. The molecule has 2 rings (SSSR count). The second-order valence-corrected chi connectivity index (χ2v) is 5.39. The molecule has 2 aromatic rings. The SMILES string of the molecule is COc1ccccc1CNCC(=O)Nc1ccc(Br)cc1. The summed E-state index contributed by atoms with van der Waals surface area (Å²) in [5.74, 6) is 0.741. The number of halogens is 1. The molecule has 21 heavy (non-hydrogen) atoms. The van der Waals surface area contributed by atoms with E-state index in [0.29, 0.717) is 6.54 Å². The van der Waals surface area contributed by atoms with Gasteiger partial charge in [0.2, 0.25) is 5.91 Å². The van der Waals surface area contributed by atoms with Gasteiger partial charge < -0.3 is 15.4 Å². The van der Waals surface area contributed by atoms with Crippen LogP contribution in [0.5, 0.6) is 5.75 Å². The van der Waals surface area contributed by atoms with E-state index in [4.69, 9.17) is 4.74 Å². The number of hydrogen-bond acceptors (Lipinski definition) is 3. The number of carbonyl (C=O) groups excluding carboxylic acids is 1. The van der Waals surface area contributed by atoms with E-state index in [1.54, 1.807) is 7.11 Å². The van der Waals surface area contributed by atoms with Crippen molar-refractivity contribution in [1.82, 2.24) is 5.32 Å². The van der Waals surface area contributed by atoms with Gasteiger partial charge in [0, 0.05) is 22.3 Å². The lowest BCUT2D eigenvalue weighted by Gasteiger charge is -2.10. The Labute approximate surface area is 132 Å². The molecule has 2 aromatic carbocycles. The Bertz CT molecular complexity index is 599. The van der Waals surface area contributed by atoms with Crippen molar-refractivity contribution in [3.8, 4) is 5.75 Å². The van der Waals surface area contributed by atoms with Gasteiger partial charge in [-0.25, -0.2) is 0 Å². The molecule has 0 bridgehead atoms. The fourth-order valence-electron chi connectivity index (χ4n) is 1.90. The zero-order valence-corrected chi connectivity index (χ0v) is 13.3. The average molecular weight is 349 g/mol. The van der Waals surface area contributed by atoms with Gasteiger partial charge in [0.1, 0.15) is 5.75 Å². The van der Waals surface area contributed by atoms with Crippen molar-refractivity contribution in [2.24, 2.45) is 0 Å². The molecule has 0 saturated carbocycles. The summed E-state index contributed by atoms with van der Waals surface area (Å²) < 4.78 is 6.25. The van der Waals surface area contributed by atoms with Gasteiger partial charge in [-0.2, -0.15) is 0 Å². The molecule has 0 aliphatic heterocycles. The van der Waals surface area contributed by atoms with Crippen LogP contribution in [0.25, 0.3) is 0 Å². The average Bonchev–Trinajstić information content (AvgIpc) is 2.50. The molecule has 4 nitrogen and oxygen atoms in total. The summed E-state index contributed by atoms with van der Waals surface area (Å²) >= 11 is 3.36. The van der Waals surface area contributed by atoms with Gasteiger partial charge in [0.05, 0.1) is 13.7 Å². The molecule has 5 heteroatoms. The molecule has 0 heterocycles. The first-order chi connectivity index (χ1) is 10.2. The van der Waals surface area contributed by atoms with Crippen LogP contribution in [0.15, 0.2) is 53.0 Å². The number of methoxy groups -OCH3 is 1. The minimum Gasteiger partial charge on any atom is -0.496 e. The molecule has 0 atom stereocenters. The molecule has 0 aromatic heterocycles. The molecule has 0 saturated heterocycles. The quantitative estimate of drug-likeness (QED) is 0.842. The molecular formula is C16H17BrN2O2. The Morgan fingerprint density at radius 3 is 2.57 bits per heavy atom. The number of para-hydroxylation sites is 1. The molecular weight excluding hydrogens is 332 g/mol. The van der Waals surface area contributed by atoms with Gasteiger partial charge in [0.25, 0.3) is 0 Å². The van der Waals surface area contributed by atoms with E-state index in [9.17, 15) is 4.79 Å². The van der Waals surface area contributed by atoms with Gasteiger partial charge >= 0.3 is 0 Å². The van der Waals surface area contributed by atoms with Gasteiger partial charge in [-0.3, -0.25) is 4.79 Å². The van der Waals surface area contributed by atoms with Crippen molar-refractivity contribution in [2.45, 2.75) is 6.54 Å². The third-order valence-corrected chi connectivity index (χ3v) is 3.45. The fraction of sp³-hybridized carbons (Fsp3) is 0.188. The van der Waals surface area contributed by atoms with E-state index in [1.165, 1.54) is 0 Å². The first kappa shape index (κ1) is 15.5. The molecule has 0 fully saturated rings. The highest BCUT2D eigenvalue weighted by Gasteiger charge is 2.04. The van der Waals surface area contributed by atoms with Crippen molar-refractivity contribution in [2.75, 3.05) is 19.0 Å². The first-order valence-corrected chi connectivity index (χ1v) is 7.36. The highest BCUT2D eigenvalue weighted by atomic mass is 79.9. The number of benzene rings is 2. The Balaban J connectivity index is 1.80. The van der Waals surface area contributed by atoms with Crippen LogP contribution < -0.4 is 15.4 Å². The Hall–Kier alpha value is -1.85. The highest BCUT2D eigenvalue weighted by molar-refractivity contribution is 9.10. The Kier molecular flexibility index (Phi) is 5.78. The summed E-state index contributed by atoms with van der Waals surface area (Å²) in [6.45, 7) is 0.825. The summed E-state index contributed by atoms with van der Waals surface area (Å²) in [6.07, 6.45) is 0. The second-order valence-electron chi connectivity index (χ2n) is 4.47. The molecule has 1 amide bonds. The van der Waals surface area contributed by atoms with Crippen LogP contribution in [0.2, 0.25) is 0 Å². The maximum absolute atomic E-state index is 11.8. The van der Waals surface area contributed by atoms with Crippen molar-refractivity contribution < 1.29 is 9.53 Å². The zero-order chi connectivity index (χ0) is 15.1. The van der Waals surface area contributed by atoms with Gasteiger partial charge in [-0.15, -0.1) is 0 Å². The Morgan fingerprint density at radius 2 is 1.86 bits per heavy atom. The minimum absolute atomic E-state index is 0.0766. The number of carbonyl (C=O) groups is 1. The molecule has 110 valence electrons. The van der Waals surface area contributed by atoms with E-state index in [2.05, 4.69) is 26.6 Å². The van der Waals surface area contributed by atoms with E-state index in [1.807, 2.05) is 48.5 Å². The summed E-state index contributed by atoms with van der Waals surface area (Å²) in [6, 6.07) is 15.2. The molecule has 0 spiro atoms. The van der Waals surface area contributed by atoms with Crippen LogP contribution in [0.1, 0.15) is 5.56 Å². The molecule has 0 aliphatic carbocycles. The topological polar surface area (TPSA) is 50.4 Å². The van der Waals surface area contributed by atoms with E-state index >= 15 is 0 Å². The van der Waals surface area contributed by atoms with E-state index in [0.717, 1.165) is 21.5 Å². The lowest BCUT2D eigenvalue weighted by Crippen LogP contribution is -2.27. The number of hydrogen-bond donors (Lipinski definition) is 2. The molecule has 2 N–H and O–H groups in total. The van der Waals surface area contributed by atoms with Gasteiger partial charge in [0.15, 0.2) is 0 Å². The number of anilines is 1. The normalized spacial score (nSPS) is 10.2. The van der Waals surface area contributed by atoms with Gasteiger partial charge in [-0.05, 0) is 30.3 Å². The third kappa shape index (κ3) is 4.88. The van der Waals surface area contributed by atoms with Crippen molar-refractivity contribution in [3.63, 3.8) is 0 Å². The highest BCUT2D eigenvalue weighted by Crippen LogP contribution is 2.16. The van der Waals surface area contributed by atoms with Crippen molar-refractivity contribution in [1.29, 1.82) is 0 Å². The molecule has 0 unspecified atom stereocenters. The van der Waals surface area contributed by atoms with Crippen LogP contribution in [-0.2, 0) is 11.3 Å². The third-order valence-electron chi connectivity index (χ3n) is 2.92.